The number of hydrogen-bond acceptors (Lipinski definition) is 4. The Balaban J connectivity index is 1.88. The summed E-state index contributed by atoms with van der Waals surface area (Å²) >= 11 is 0. The van der Waals surface area contributed by atoms with E-state index in [2.05, 4.69) is 4.72 Å². The highest BCUT2D eigenvalue weighted by atomic mass is 32.2. The second kappa shape index (κ2) is 6.38. The van der Waals surface area contributed by atoms with Crippen LogP contribution in [0.2, 0.25) is 0 Å². The molecule has 0 saturated carbocycles. The summed E-state index contributed by atoms with van der Waals surface area (Å²) < 4.78 is 33.6. The lowest BCUT2D eigenvalue weighted by Crippen LogP contribution is -2.53. The minimum absolute atomic E-state index is 0.135. The number of morpholine rings is 1. The quantitative estimate of drug-likeness (QED) is 0.763. The van der Waals surface area contributed by atoms with Crippen molar-refractivity contribution in [2.24, 2.45) is 0 Å². The van der Waals surface area contributed by atoms with Crippen LogP contribution >= 0.6 is 0 Å². The number of hydrogen-bond donors (Lipinski definition) is 1. The molecule has 0 radical (unpaired) electrons. The van der Waals surface area contributed by atoms with Gasteiger partial charge in [-0.2, -0.15) is 17.4 Å². The van der Waals surface area contributed by atoms with Gasteiger partial charge < -0.3 is 9.64 Å². The highest BCUT2D eigenvalue weighted by Gasteiger charge is 2.31. The van der Waals surface area contributed by atoms with Crippen molar-refractivity contribution in [2.45, 2.75) is 38.9 Å². The molecule has 2 aliphatic rings. The Kier molecular flexibility index (Phi) is 5.00. The predicted molar refractivity (Wildman–Crippen MR) is 74.3 cm³/mol. The minimum Gasteiger partial charge on any atom is -0.373 e. The topological polar surface area (TPSA) is 79.0 Å². The average molecular weight is 305 g/mol. The van der Waals surface area contributed by atoms with Gasteiger partial charge in [-0.1, -0.05) is 0 Å². The standard InChI is InChI=1S/C12H23N3O4S/c1-10-8-15(9-11(2)19-10)20(17,18)13-7-12(16)14-5-3-4-6-14/h10-11,13H,3-9H2,1-2H3. The van der Waals surface area contributed by atoms with E-state index in [1.165, 1.54) is 4.31 Å². The summed E-state index contributed by atoms with van der Waals surface area (Å²) in [6.45, 7) is 5.61. The van der Waals surface area contributed by atoms with Crippen molar-refractivity contribution >= 4 is 16.1 Å². The number of amides is 1. The Hall–Kier alpha value is -0.700. The third-order valence-electron chi connectivity index (χ3n) is 3.59. The lowest BCUT2D eigenvalue weighted by atomic mass is 10.3. The molecule has 0 aliphatic carbocycles. The van der Waals surface area contributed by atoms with Gasteiger partial charge in [0.25, 0.3) is 10.2 Å². The molecule has 1 N–H and O–H groups in total. The zero-order valence-electron chi connectivity index (χ0n) is 12.0. The number of ether oxygens (including phenoxy) is 1. The molecule has 20 heavy (non-hydrogen) atoms. The van der Waals surface area contributed by atoms with E-state index in [9.17, 15) is 13.2 Å². The number of nitrogens with zero attached hydrogens (tertiary/aromatic N) is 2. The first kappa shape index (κ1) is 15.7. The van der Waals surface area contributed by atoms with Crippen LogP contribution in [0, 0.1) is 0 Å². The van der Waals surface area contributed by atoms with Gasteiger partial charge in [-0.3, -0.25) is 4.79 Å². The van der Waals surface area contributed by atoms with E-state index in [0.29, 0.717) is 13.1 Å². The van der Waals surface area contributed by atoms with E-state index < -0.39 is 10.2 Å². The Morgan fingerprint density at radius 2 is 1.75 bits per heavy atom. The monoisotopic (exact) mass is 305 g/mol. The summed E-state index contributed by atoms with van der Waals surface area (Å²) in [7, 11) is -3.62. The smallest absolute Gasteiger partial charge is 0.280 e. The van der Waals surface area contributed by atoms with Crippen molar-refractivity contribution in [1.82, 2.24) is 13.9 Å². The molecule has 2 rings (SSSR count). The number of likely N-dealkylation sites (tertiary alicyclic amines) is 1. The maximum absolute atomic E-state index is 12.2. The van der Waals surface area contributed by atoms with Gasteiger partial charge in [-0.15, -0.1) is 0 Å². The molecule has 2 heterocycles. The predicted octanol–water partition coefficient (Wildman–Crippen LogP) is -0.448. The lowest BCUT2D eigenvalue weighted by molar-refractivity contribution is -0.128. The highest BCUT2D eigenvalue weighted by molar-refractivity contribution is 7.87. The summed E-state index contributed by atoms with van der Waals surface area (Å²) in [4.78, 5) is 13.6. The highest BCUT2D eigenvalue weighted by Crippen LogP contribution is 2.13. The molecule has 2 unspecified atom stereocenters. The molecule has 0 aromatic rings. The van der Waals surface area contributed by atoms with Crippen LogP contribution in [0.4, 0.5) is 0 Å². The zero-order valence-corrected chi connectivity index (χ0v) is 12.9. The molecule has 7 nitrogen and oxygen atoms in total. The van der Waals surface area contributed by atoms with Crippen LogP contribution in [0.5, 0.6) is 0 Å². The van der Waals surface area contributed by atoms with Gasteiger partial charge in [0.1, 0.15) is 0 Å². The molecule has 2 fully saturated rings. The fraction of sp³-hybridized carbons (Fsp3) is 0.917. The van der Waals surface area contributed by atoms with Gasteiger partial charge in [0.15, 0.2) is 0 Å². The first-order valence-electron chi connectivity index (χ1n) is 7.06. The van der Waals surface area contributed by atoms with Crippen LogP contribution < -0.4 is 4.72 Å². The van der Waals surface area contributed by atoms with E-state index in [-0.39, 0.29) is 24.7 Å². The molecule has 2 aliphatic heterocycles. The van der Waals surface area contributed by atoms with Crippen LogP contribution in [-0.2, 0) is 19.7 Å². The second-order valence-corrected chi connectivity index (χ2v) is 7.24. The summed E-state index contributed by atoms with van der Waals surface area (Å²) in [5, 5.41) is 0. The Morgan fingerprint density at radius 3 is 2.30 bits per heavy atom. The molecule has 1 amide bonds. The third-order valence-corrected chi connectivity index (χ3v) is 5.08. The van der Waals surface area contributed by atoms with Crippen LogP contribution in [-0.4, -0.2) is 68.5 Å². The molecule has 8 heteroatoms. The summed E-state index contributed by atoms with van der Waals surface area (Å²) in [6, 6.07) is 0. The fourth-order valence-corrected chi connectivity index (χ4v) is 3.95. The molecule has 0 aromatic carbocycles. The van der Waals surface area contributed by atoms with E-state index in [4.69, 9.17) is 4.74 Å². The number of rotatable bonds is 4. The van der Waals surface area contributed by atoms with Crippen molar-refractivity contribution < 1.29 is 17.9 Å². The first-order valence-corrected chi connectivity index (χ1v) is 8.50. The fourth-order valence-electron chi connectivity index (χ4n) is 2.65. The van der Waals surface area contributed by atoms with Gasteiger partial charge in [-0.05, 0) is 26.7 Å². The van der Waals surface area contributed by atoms with E-state index in [1.54, 1.807) is 4.90 Å². The largest absolute Gasteiger partial charge is 0.373 e. The normalized spacial score (nSPS) is 28.8. The van der Waals surface area contributed by atoms with Gasteiger partial charge >= 0.3 is 0 Å². The maximum atomic E-state index is 12.2. The molecule has 0 aromatic heterocycles. The molecule has 2 saturated heterocycles. The molecular formula is C12H23N3O4S. The van der Waals surface area contributed by atoms with Gasteiger partial charge in [0.05, 0.1) is 18.8 Å². The molecule has 2 atom stereocenters. The van der Waals surface area contributed by atoms with Crippen molar-refractivity contribution in [3.8, 4) is 0 Å². The third kappa shape index (κ3) is 3.91. The van der Waals surface area contributed by atoms with Crippen molar-refractivity contribution in [3.05, 3.63) is 0 Å². The van der Waals surface area contributed by atoms with Crippen LogP contribution in [0.1, 0.15) is 26.7 Å². The Labute approximate surface area is 120 Å². The Morgan fingerprint density at radius 1 is 1.20 bits per heavy atom. The van der Waals surface area contributed by atoms with Crippen LogP contribution in [0.15, 0.2) is 0 Å². The van der Waals surface area contributed by atoms with Gasteiger partial charge in [-0.25, -0.2) is 0 Å². The van der Waals surface area contributed by atoms with Crippen molar-refractivity contribution in [1.29, 1.82) is 0 Å². The minimum atomic E-state index is -3.62. The second-order valence-electron chi connectivity index (χ2n) is 5.49. The summed E-state index contributed by atoms with van der Waals surface area (Å²) in [6.07, 6.45) is 1.72. The van der Waals surface area contributed by atoms with Crippen molar-refractivity contribution in [2.75, 3.05) is 32.7 Å². The number of carbonyl (C=O) groups is 1. The van der Waals surface area contributed by atoms with Crippen LogP contribution in [0.3, 0.4) is 0 Å². The first-order chi connectivity index (χ1) is 9.38. The van der Waals surface area contributed by atoms with Gasteiger partial charge in [0, 0.05) is 26.2 Å². The van der Waals surface area contributed by atoms with Crippen molar-refractivity contribution in [3.63, 3.8) is 0 Å². The zero-order chi connectivity index (χ0) is 14.8. The maximum Gasteiger partial charge on any atom is 0.280 e. The number of nitrogens with one attached hydrogen (secondary N) is 1. The lowest BCUT2D eigenvalue weighted by Gasteiger charge is -2.34. The van der Waals surface area contributed by atoms with E-state index in [1.807, 2.05) is 13.8 Å². The van der Waals surface area contributed by atoms with Gasteiger partial charge in [0.2, 0.25) is 5.91 Å². The average Bonchev–Trinajstić information content (AvgIpc) is 2.88. The molecule has 0 spiro atoms. The molecular weight excluding hydrogens is 282 g/mol. The number of carbonyl (C=O) groups excluding carboxylic acids is 1. The SMILES string of the molecule is CC1CN(S(=O)(=O)NCC(=O)N2CCCC2)CC(C)O1. The molecule has 0 bridgehead atoms. The van der Waals surface area contributed by atoms with E-state index in [0.717, 1.165) is 25.9 Å². The summed E-state index contributed by atoms with van der Waals surface area (Å²) in [5.41, 5.74) is 0. The summed E-state index contributed by atoms with van der Waals surface area (Å²) in [5.74, 6) is -0.152. The molecule has 116 valence electrons. The van der Waals surface area contributed by atoms with E-state index >= 15 is 0 Å². The van der Waals surface area contributed by atoms with Crippen LogP contribution in [0.25, 0.3) is 0 Å². The Bertz CT molecular complexity index is 438.